The van der Waals surface area contributed by atoms with Gasteiger partial charge in [-0.15, -0.1) is 0 Å². The van der Waals surface area contributed by atoms with E-state index in [1.54, 1.807) is 0 Å². The number of esters is 1. The number of carboxylic acids is 1. The maximum absolute atomic E-state index is 11.4. The molecule has 21 heavy (non-hydrogen) atoms. The molecule has 0 unspecified atom stereocenters. The second-order valence-corrected chi connectivity index (χ2v) is 6.67. The second kappa shape index (κ2) is 5.66. The lowest BCUT2D eigenvalue weighted by atomic mass is 9.60. The van der Waals surface area contributed by atoms with Crippen LogP contribution in [0.15, 0.2) is 23.3 Å². The molecule has 0 aliphatic heterocycles. The van der Waals surface area contributed by atoms with Crippen molar-refractivity contribution in [2.24, 2.45) is 11.3 Å². The van der Waals surface area contributed by atoms with E-state index in [2.05, 4.69) is 20.4 Å². The van der Waals surface area contributed by atoms with Gasteiger partial charge in [0.05, 0.1) is 0 Å². The number of carboxylic acid groups (broad SMARTS) is 1. The summed E-state index contributed by atoms with van der Waals surface area (Å²) in [6.45, 7) is 9.43. The minimum Gasteiger partial charge on any atom is -0.478 e. The molecule has 0 aromatic heterocycles. The number of hydrogen-bond acceptors (Lipinski definition) is 3. The van der Waals surface area contributed by atoms with Gasteiger partial charge in [-0.1, -0.05) is 24.6 Å². The van der Waals surface area contributed by atoms with Crippen LogP contribution in [0.4, 0.5) is 0 Å². The van der Waals surface area contributed by atoms with Crippen LogP contribution in [0.25, 0.3) is 0 Å². The van der Waals surface area contributed by atoms with Gasteiger partial charge in [-0.3, -0.25) is 4.79 Å². The first-order valence-corrected chi connectivity index (χ1v) is 7.53. The summed E-state index contributed by atoms with van der Waals surface area (Å²) in [6, 6.07) is 0. The molecule has 4 nitrogen and oxygen atoms in total. The number of rotatable bonds is 3. The normalized spacial score (nSPS) is 32.3. The monoisotopic (exact) mass is 292 g/mol. The summed E-state index contributed by atoms with van der Waals surface area (Å²) in [6.07, 6.45) is 4.25. The largest absolute Gasteiger partial charge is 0.478 e. The Morgan fingerprint density at radius 2 is 2.10 bits per heavy atom. The SMILES string of the molecule is C=C(C(=O)O)[C@H]1CC2=C(C)CCC[C@]2(C)C[C@@H]1OC(C)=O. The van der Waals surface area contributed by atoms with Crippen LogP contribution in [0.3, 0.4) is 0 Å². The maximum atomic E-state index is 11.4. The quantitative estimate of drug-likeness (QED) is 0.491. The van der Waals surface area contributed by atoms with Crippen LogP contribution in [0.5, 0.6) is 0 Å². The van der Waals surface area contributed by atoms with Crippen LogP contribution < -0.4 is 0 Å². The zero-order valence-electron chi connectivity index (χ0n) is 13.1. The van der Waals surface area contributed by atoms with Gasteiger partial charge in [-0.2, -0.15) is 0 Å². The highest BCUT2D eigenvalue weighted by molar-refractivity contribution is 5.86. The molecular weight excluding hydrogens is 268 g/mol. The number of hydrogen-bond donors (Lipinski definition) is 1. The minimum atomic E-state index is -1.00. The highest BCUT2D eigenvalue weighted by Crippen LogP contribution is 2.52. The lowest BCUT2D eigenvalue weighted by molar-refractivity contribution is -0.152. The molecule has 3 atom stereocenters. The molecule has 0 saturated heterocycles. The Hall–Kier alpha value is -1.58. The van der Waals surface area contributed by atoms with Gasteiger partial charge in [0.1, 0.15) is 6.10 Å². The summed E-state index contributed by atoms with van der Waals surface area (Å²) in [5.41, 5.74) is 2.89. The third kappa shape index (κ3) is 3.04. The second-order valence-electron chi connectivity index (χ2n) is 6.67. The van der Waals surface area contributed by atoms with Crippen molar-refractivity contribution in [3.63, 3.8) is 0 Å². The van der Waals surface area contributed by atoms with Gasteiger partial charge in [-0.25, -0.2) is 4.79 Å². The van der Waals surface area contributed by atoms with E-state index < -0.39 is 5.97 Å². The highest BCUT2D eigenvalue weighted by Gasteiger charge is 2.46. The molecule has 116 valence electrons. The molecule has 1 fully saturated rings. The number of carbonyl (C=O) groups is 2. The van der Waals surface area contributed by atoms with E-state index >= 15 is 0 Å². The molecule has 2 aliphatic carbocycles. The van der Waals surface area contributed by atoms with Crippen molar-refractivity contribution in [1.29, 1.82) is 0 Å². The summed E-state index contributed by atoms with van der Waals surface area (Å²) < 4.78 is 5.44. The lowest BCUT2D eigenvalue weighted by Gasteiger charge is -2.47. The Bertz CT molecular complexity index is 517. The third-order valence-electron chi connectivity index (χ3n) is 5.09. The van der Waals surface area contributed by atoms with Crippen LogP contribution >= 0.6 is 0 Å². The van der Waals surface area contributed by atoms with E-state index in [1.165, 1.54) is 18.1 Å². The molecule has 2 aliphatic rings. The topological polar surface area (TPSA) is 63.6 Å². The predicted molar refractivity (Wildman–Crippen MR) is 79.7 cm³/mol. The van der Waals surface area contributed by atoms with Crippen LogP contribution in [-0.4, -0.2) is 23.1 Å². The van der Waals surface area contributed by atoms with Gasteiger partial charge in [0, 0.05) is 18.4 Å². The van der Waals surface area contributed by atoms with Crippen molar-refractivity contribution < 1.29 is 19.4 Å². The van der Waals surface area contributed by atoms with E-state index in [4.69, 9.17) is 4.74 Å². The van der Waals surface area contributed by atoms with Crippen LogP contribution in [0, 0.1) is 11.3 Å². The molecule has 4 heteroatoms. The molecule has 0 aromatic rings. The molecule has 0 bridgehead atoms. The zero-order valence-corrected chi connectivity index (χ0v) is 13.1. The van der Waals surface area contributed by atoms with Crippen molar-refractivity contribution in [3.8, 4) is 0 Å². The fraction of sp³-hybridized carbons (Fsp3) is 0.647. The van der Waals surface area contributed by atoms with E-state index in [0.717, 1.165) is 19.3 Å². The Morgan fingerprint density at radius 1 is 1.43 bits per heavy atom. The number of fused-ring (bicyclic) bond motifs is 1. The molecular formula is C17H24O4. The summed E-state index contributed by atoms with van der Waals surface area (Å²) in [7, 11) is 0. The third-order valence-corrected chi connectivity index (χ3v) is 5.09. The fourth-order valence-corrected chi connectivity index (χ4v) is 3.99. The average Bonchev–Trinajstić information content (AvgIpc) is 2.36. The summed E-state index contributed by atoms with van der Waals surface area (Å²) in [4.78, 5) is 22.7. The lowest BCUT2D eigenvalue weighted by Crippen LogP contribution is -2.42. The summed E-state index contributed by atoms with van der Waals surface area (Å²) in [5, 5.41) is 9.26. The first kappa shape index (κ1) is 15.8. The number of carbonyl (C=O) groups excluding carboxylic acids is 1. The Balaban J connectivity index is 2.36. The Morgan fingerprint density at radius 3 is 2.67 bits per heavy atom. The van der Waals surface area contributed by atoms with Crippen molar-refractivity contribution >= 4 is 11.9 Å². The van der Waals surface area contributed by atoms with Crippen molar-refractivity contribution in [1.82, 2.24) is 0 Å². The van der Waals surface area contributed by atoms with Crippen LogP contribution in [0.1, 0.15) is 52.9 Å². The molecule has 0 heterocycles. The predicted octanol–water partition coefficient (Wildman–Crippen LogP) is 3.48. The molecule has 0 spiro atoms. The zero-order chi connectivity index (χ0) is 15.8. The average molecular weight is 292 g/mol. The van der Waals surface area contributed by atoms with E-state index in [0.29, 0.717) is 12.8 Å². The van der Waals surface area contributed by atoms with Crippen LogP contribution in [0.2, 0.25) is 0 Å². The van der Waals surface area contributed by atoms with E-state index in [9.17, 15) is 14.7 Å². The number of allylic oxidation sites excluding steroid dienone is 2. The van der Waals surface area contributed by atoms with Gasteiger partial charge in [0.25, 0.3) is 0 Å². The summed E-state index contributed by atoms with van der Waals surface area (Å²) >= 11 is 0. The molecule has 1 N–H and O–H groups in total. The van der Waals surface area contributed by atoms with E-state index in [-0.39, 0.29) is 29.0 Å². The Kier molecular flexibility index (Phi) is 4.26. The minimum absolute atomic E-state index is 0.0255. The molecule has 2 rings (SSSR count). The molecule has 0 aromatic carbocycles. The smallest absolute Gasteiger partial charge is 0.331 e. The first-order chi connectivity index (χ1) is 9.74. The van der Waals surface area contributed by atoms with Crippen LogP contribution in [-0.2, 0) is 14.3 Å². The van der Waals surface area contributed by atoms with Gasteiger partial charge >= 0.3 is 11.9 Å². The van der Waals surface area contributed by atoms with Gasteiger partial charge in [-0.05, 0) is 44.4 Å². The van der Waals surface area contributed by atoms with Gasteiger partial charge in [0.15, 0.2) is 0 Å². The highest BCUT2D eigenvalue weighted by atomic mass is 16.5. The number of ether oxygens (including phenoxy) is 1. The van der Waals surface area contributed by atoms with Crippen molar-refractivity contribution in [3.05, 3.63) is 23.3 Å². The fourth-order valence-electron chi connectivity index (χ4n) is 3.99. The van der Waals surface area contributed by atoms with Gasteiger partial charge < -0.3 is 9.84 Å². The standard InChI is InChI=1S/C17H24O4/c1-10-6-5-7-17(4)9-15(21-12(3)18)13(8-14(10)17)11(2)16(19)20/h13,15H,2,5-9H2,1,3-4H3,(H,19,20)/t13-,15+,17-/m1/s1. The van der Waals surface area contributed by atoms with Crippen molar-refractivity contribution in [2.45, 2.75) is 59.0 Å². The van der Waals surface area contributed by atoms with Crippen molar-refractivity contribution in [2.75, 3.05) is 0 Å². The van der Waals surface area contributed by atoms with Gasteiger partial charge in [0.2, 0.25) is 0 Å². The Labute approximate surface area is 125 Å². The summed E-state index contributed by atoms with van der Waals surface area (Å²) in [5.74, 6) is -1.68. The molecule has 0 radical (unpaired) electrons. The molecule has 0 amide bonds. The maximum Gasteiger partial charge on any atom is 0.331 e. The first-order valence-electron chi connectivity index (χ1n) is 7.53. The number of aliphatic carboxylic acids is 1. The van der Waals surface area contributed by atoms with E-state index in [1.807, 2.05) is 0 Å². The molecule has 1 saturated carbocycles.